The minimum Gasteiger partial charge on any atom is -0.360 e. The van der Waals surface area contributed by atoms with Crippen LogP contribution in [0.2, 0.25) is 5.02 Å². The lowest BCUT2D eigenvalue weighted by Crippen LogP contribution is -2.26. The van der Waals surface area contributed by atoms with Crippen LogP contribution in [0.25, 0.3) is 11.3 Å². The first-order chi connectivity index (χ1) is 11.9. The van der Waals surface area contributed by atoms with Gasteiger partial charge in [0.15, 0.2) is 11.5 Å². The normalized spacial score (nSPS) is 11.8. The molecule has 0 spiro atoms. The number of nitrogens with zero attached hydrogens (tertiary/aromatic N) is 2. The van der Waals surface area contributed by atoms with Gasteiger partial charge in [-0.25, -0.2) is 13.1 Å². The molecule has 0 atom stereocenters. The summed E-state index contributed by atoms with van der Waals surface area (Å²) in [6.07, 6.45) is 0.389. The zero-order valence-corrected chi connectivity index (χ0v) is 15.2. The summed E-state index contributed by atoms with van der Waals surface area (Å²) in [5.74, 6) is 0.858. The fourth-order valence-electron chi connectivity index (χ4n) is 2.42. The first kappa shape index (κ1) is 17.7. The first-order valence-electron chi connectivity index (χ1n) is 7.51. The molecule has 7 nitrogen and oxygen atoms in total. The van der Waals surface area contributed by atoms with E-state index in [4.69, 9.17) is 20.6 Å². The molecule has 0 saturated carbocycles. The zero-order valence-electron chi connectivity index (χ0n) is 13.6. The number of aromatic nitrogens is 2. The molecule has 2 aromatic heterocycles. The number of rotatable bonds is 6. The van der Waals surface area contributed by atoms with Crippen LogP contribution in [0.5, 0.6) is 0 Å². The maximum absolute atomic E-state index is 12.3. The number of halogens is 1. The highest BCUT2D eigenvalue weighted by Crippen LogP contribution is 2.22. The van der Waals surface area contributed by atoms with Gasteiger partial charge < -0.3 is 9.05 Å². The van der Waals surface area contributed by atoms with E-state index in [9.17, 15) is 8.42 Å². The first-order valence-corrected chi connectivity index (χ1v) is 9.37. The minimum absolute atomic E-state index is 0.0782. The topological polar surface area (TPSA) is 98.2 Å². The van der Waals surface area contributed by atoms with Crippen LogP contribution in [0.4, 0.5) is 0 Å². The lowest BCUT2D eigenvalue weighted by molar-refractivity contribution is 0.390. The molecule has 9 heteroatoms. The maximum atomic E-state index is 12.3. The molecule has 0 fully saturated rings. The van der Waals surface area contributed by atoms with Gasteiger partial charge in [0.05, 0.1) is 5.69 Å². The van der Waals surface area contributed by atoms with Gasteiger partial charge in [-0.2, -0.15) is 0 Å². The van der Waals surface area contributed by atoms with E-state index in [1.807, 2.05) is 12.1 Å². The molecule has 0 bridgehead atoms. The summed E-state index contributed by atoms with van der Waals surface area (Å²) in [5.41, 5.74) is 1.82. The van der Waals surface area contributed by atoms with Crippen LogP contribution in [0.3, 0.4) is 0 Å². The van der Waals surface area contributed by atoms with Gasteiger partial charge in [0, 0.05) is 29.6 Å². The van der Waals surface area contributed by atoms with Crippen LogP contribution in [-0.2, 0) is 16.4 Å². The quantitative estimate of drug-likeness (QED) is 0.704. The van der Waals surface area contributed by atoms with Gasteiger partial charge in [-0.1, -0.05) is 21.9 Å². The molecule has 0 saturated heterocycles. The number of hydrogen-bond acceptors (Lipinski definition) is 6. The van der Waals surface area contributed by atoms with Crippen LogP contribution < -0.4 is 4.72 Å². The standard InChI is InChI=1S/C16H16ClN3O4S/c1-10-16(11(2)23-19-10)25(21,22)18-8-7-14-9-15(24-20-14)12-3-5-13(17)6-4-12/h3-6,9,18H,7-8H2,1-2H3. The van der Waals surface area contributed by atoms with Crippen LogP contribution in [-0.4, -0.2) is 25.3 Å². The summed E-state index contributed by atoms with van der Waals surface area (Å²) in [7, 11) is -3.68. The number of hydrogen-bond donors (Lipinski definition) is 1. The molecule has 3 rings (SSSR count). The van der Waals surface area contributed by atoms with Gasteiger partial charge in [-0.3, -0.25) is 0 Å². The van der Waals surface area contributed by atoms with Crippen molar-refractivity contribution in [2.45, 2.75) is 25.2 Å². The fourth-order valence-corrected chi connectivity index (χ4v) is 3.91. The highest BCUT2D eigenvalue weighted by atomic mass is 35.5. The Balaban J connectivity index is 1.64. The van der Waals surface area contributed by atoms with Crippen LogP contribution in [0.15, 0.2) is 44.3 Å². The second-order valence-electron chi connectivity index (χ2n) is 5.49. The van der Waals surface area contributed by atoms with Gasteiger partial charge in [0.2, 0.25) is 10.0 Å². The molecular weight excluding hydrogens is 366 g/mol. The van der Waals surface area contributed by atoms with Crippen molar-refractivity contribution in [3.05, 3.63) is 52.5 Å². The Kier molecular flexibility index (Phi) is 4.94. The molecule has 25 heavy (non-hydrogen) atoms. The lowest BCUT2D eigenvalue weighted by atomic mass is 10.1. The number of benzene rings is 1. The largest absolute Gasteiger partial charge is 0.360 e. The second-order valence-corrected chi connectivity index (χ2v) is 7.63. The summed E-state index contributed by atoms with van der Waals surface area (Å²) in [6.45, 7) is 3.32. The third-order valence-electron chi connectivity index (χ3n) is 3.60. The molecule has 1 N–H and O–H groups in total. The summed E-state index contributed by atoms with van der Waals surface area (Å²) in [5, 5.41) is 8.26. The highest BCUT2D eigenvalue weighted by Gasteiger charge is 2.23. The monoisotopic (exact) mass is 381 g/mol. The molecular formula is C16H16ClN3O4S. The van der Waals surface area contributed by atoms with Crippen molar-refractivity contribution in [1.29, 1.82) is 0 Å². The Morgan fingerprint density at radius 2 is 1.84 bits per heavy atom. The van der Waals surface area contributed by atoms with Crippen molar-refractivity contribution in [3.8, 4) is 11.3 Å². The van der Waals surface area contributed by atoms with Crippen molar-refractivity contribution in [3.63, 3.8) is 0 Å². The molecule has 1 aromatic carbocycles. The van der Waals surface area contributed by atoms with Crippen LogP contribution >= 0.6 is 11.6 Å². The van der Waals surface area contributed by atoms with Crippen LogP contribution in [0.1, 0.15) is 17.1 Å². The van der Waals surface area contributed by atoms with E-state index >= 15 is 0 Å². The molecule has 132 valence electrons. The average molecular weight is 382 g/mol. The third-order valence-corrected chi connectivity index (χ3v) is 5.55. The Morgan fingerprint density at radius 3 is 2.48 bits per heavy atom. The molecule has 0 aliphatic carbocycles. The number of nitrogens with one attached hydrogen (secondary N) is 1. The Morgan fingerprint density at radius 1 is 1.12 bits per heavy atom. The van der Waals surface area contributed by atoms with E-state index in [-0.39, 0.29) is 17.2 Å². The minimum atomic E-state index is -3.68. The number of aryl methyl sites for hydroxylation is 2. The molecule has 0 aliphatic heterocycles. The predicted molar refractivity (Wildman–Crippen MR) is 91.8 cm³/mol. The van der Waals surface area contributed by atoms with E-state index in [2.05, 4.69) is 15.0 Å². The van der Waals surface area contributed by atoms with Gasteiger partial charge in [-0.15, -0.1) is 0 Å². The summed E-state index contributed by atoms with van der Waals surface area (Å²) >= 11 is 5.86. The smallest absolute Gasteiger partial charge is 0.245 e. The lowest BCUT2D eigenvalue weighted by Gasteiger charge is -2.04. The molecule has 3 aromatic rings. The SMILES string of the molecule is Cc1noc(C)c1S(=O)(=O)NCCc1cc(-c2ccc(Cl)cc2)on1. The Labute approximate surface area is 150 Å². The van der Waals surface area contributed by atoms with E-state index in [1.54, 1.807) is 32.0 Å². The average Bonchev–Trinajstić information content (AvgIpc) is 3.15. The Bertz CT molecular complexity index is 958. The zero-order chi connectivity index (χ0) is 18.0. The molecule has 0 unspecified atom stereocenters. The van der Waals surface area contributed by atoms with E-state index in [0.717, 1.165) is 5.56 Å². The van der Waals surface area contributed by atoms with Gasteiger partial charge in [-0.05, 0) is 38.1 Å². The predicted octanol–water partition coefficient (Wildman–Crippen LogP) is 3.12. The van der Waals surface area contributed by atoms with Gasteiger partial charge in [0.25, 0.3) is 0 Å². The van der Waals surface area contributed by atoms with Crippen molar-refractivity contribution in [2.24, 2.45) is 0 Å². The van der Waals surface area contributed by atoms with E-state index < -0.39 is 10.0 Å². The molecule has 0 radical (unpaired) electrons. The second kappa shape index (κ2) is 6.99. The van der Waals surface area contributed by atoms with E-state index in [0.29, 0.717) is 28.6 Å². The summed E-state index contributed by atoms with van der Waals surface area (Å²) < 4.78 is 37.3. The van der Waals surface area contributed by atoms with Gasteiger partial charge >= 0.3 is 0 Å². The van der Waals surface area contributed by atoms with E-state index in [1.165, 1.54) is 0 Å². The number of sulfonamides is 1. The third kappa shape index (κ3) is 3.92. The summed E-state index contributed by atoms with van der Waals surface area (Å²) in [4.78, 5) is 0.0782. The molecule has 0 aliphatic rings. The van der Waals surface area contributed by atoms with Crippen molar-refractivity contribution >= 4 is 21.6 Å². The summed E-state index contributed by atoms with van der Waals surface area (Å²) in [6, 6.07) is 8.95. The van der Waals surface area contributed by atoms with Crippen molar-refractivity contribution in [1.82, 2.24) is 15.0 Å². The van der Waals surface area contributed by atoms with Crippen LogP contribution in [0, 0.1) is 13.8 Å². The highest BCUT2D eigenvalue weighted by molar-refractivity contribution is 7.89. The van der Waals surface area contributed by atoms with Crippen molar-refractivity contribution < 1.29 is 17.5 Å². The van der Waals surface area contributed by atoms with Crippen molar-refractivity contribution in [2.75, 3.05) is 6.54 Å². The molecule has 0 amide bonds. The fraction of sp³-hybridized carbons (Fsp3) is 0.250. The maximum Gasteiger partial charge on any atom is 0.245 e. The van der Waals surface area contributed by atoms with Gasteiger partial charge in [0.1, 0.15) is 10.6 Å². The molecule has 2 heterocycles. The Hall–Kier alpha value is -2.16.